The van der Waals surface area contributed by atoms with E-state index in [2.05, 4.69) is 23.1 Å². The van der Waals surface area contributed by atoms with Gasteiger partial charge in [-0.25, -0.2) is 0 Å². The van der Waals surface area contributed by atoms with Crippen LogP contribution in [0.2, 0.25) is 0 Å². The van der Waals surface area contributed by atoms with Gasteiger partial charge in [-0.2, -0.15) is 0 Å². The number of ether oxygens (including phenoxy) is 1. The molecule has 0 radical (unpaired) electrons. The predicted octanol–water partition coefficient (Wildman–Crippen LogP) is 2.35. The maximum absolute atomic E-state index is 8.82. The fraction of sp³-hybridized carbons (Fsp3) is 0.600. The van der Waals surface area contributed by atoms with Crippen molar-refractivity contribution in [3.63, 3.8) is 0 Å². The van der Waals surface area contributed by atoms with Gasteiger partial charge >= 0.3 is 0 Å². The average Bonchev–Trinajstić information content (AvgIpc) is 2.40. The van der Waals surface area contributed by atoms with Gasteiger partial charge in [0.05, 0.1) is 6.61 Å². The van der Waals surface area contributed by atoms with Gasteiger partial charge < -0.3 is 9.84 Å². The van der Waals surface area contributed by atoms with Crippen LogP contribution < -0.4 is 4.74 Å². The molecule has 0 bridgehead atoms. The summed E-state index contributed by atoms with van der Waals surface area (Å²) in [6.45, 7) is 5.90. The van der Waals surface area contributed by atoms with Gasteiger partial charge in [-0.3, -0.25) is 4.90 Å². The second-order valence-corrected chi connectivity index (χ2v) is 5.01. The third-order valence-corrected chi connectivity index (χ3v) is 3.46. The van der Waals surface area contributed by atoms with Gasteiger partial charge in [0, 0.05) is 6.54 Å². The molecule has 0 atom stereocenters. The van der Waals surface area contributed by atoms with Crippen molar-refractivity contribution in [3.8, 4) is 5.75 Å². The molecule has 100 valence electrons. The summed E-state index contributed by atoms with van der Waals surface area (Å²) in [7, 11) is 0. The first-order chi connectivity index (χ1) is 8.79. The Balaban J connectivity index is 1.99. The number of likely N-dealkylation sites (tertiary alicyclic amines) is 1. The van der Waals surface area contributed by atoms with Gasteiger partial charge in [-0.15, -0.1) is 0 Å². The van der Waals surface area contributed by atoms with Crippen LogP contribution in [0.1, 0.15) is 30.4 Å². The SMILES string of the molecule is Cc1ccc(CN2CCCCC2)cc1OCCO. The van der Waals surface area contributed by atoms with E-state index in [1.165, 1.54) is 37.9 Å². The highest BCUT2D eigenvalue weighted by Gasteiger charge is 2.11. The fourth-order valence-electron chi connectivity index (χ4n) is 2.43. The third kappa shape index (κ3) is 3.72. The van der Waals surface area contributed by atoms with Crippen LogP contribution in [0, 0.1) is 6.92 Å². The lowest BCUT2D eigenvalue weighted by atomic mass is 10.1. The predicted molar refractivity (Wildman–Crippen MR) is 72.9 cm³/mol. The van der Waals surface area contributed by atoms with Crippen LogP contribution in [0.15, 0.2) is 18.2 Å². The molecular weight excluding hydrogens is 226 g/mol. The van der Waals surface area contributed by atoms with E-state index in [0.717, 1.165) is 17.9 Å². The summed E-state index contributed by atoms with van der Waals surface area (Å²) in [4.78, 5) is 2.50. The van der Waals surface area contributed by atoms with Crippen molar-refractivity contribution >= 4 is 0 Å². The van der Waals surface area contributed by atoms with Crippen LogP contribution in [0.3, 0.4) is 0 Å². The number of hydrogen-bond acceptors (Lipinski definition) is 3. The van der Waals surface area contributed by atoms with E-state index in [-0.39, 0.29) is 6.61 Å². The van der Waals surface area contributed by atoms with Crippen molar-refractivity contribution in [2.75, 3.05) is 26.3 Å². The van der Waals surface area contributed by atoms with Crippen molar-refractivity contribution in [1.82, 2.24) is 4.90 Å². The van der Waals surface area contributed by atoms with Crippen LogP contribution in [0.25, 0.3) is 0 Å². The molecular formula is C15H23NO2. The summed E-state index contributed by atoms with van der Waals surface area (Å²) < 4.78 is 5.55. The van der Waals surface area contributed by atoms with E-state index >= 15 is 0 Å². The summed E-state index contributed by atoms with van der Waals surface area (Å²) in [5, 5.41) is 8.82. The monoisotopic (exact) mass is 249 g/mol. The van der Waals surface area contributed by atoms with E-state index in [1.54, 1.807) is 0 Å². The van der Waals surface area contributed by atoms with E-state index < -0.39 is 0 Å². The van der Waals surface area contributed by atoms with E-state index in [4.69, 9.17) is 9.84 Å². The van der Waals surface area contributed by atoms with Crippen molar-refractivity contribution in [1.29, 1.82) is 0 Å². The van der Waals surface area contributed by atoms with Crippen molar-refractivity contribution in [2.24, 2.45) is 0 Å². The highest BCUT2D eigenvalue weighted by Crippen LogP contribution is 2.21. The molecule has 1 aromatic carbocycles. The molecule has 0 unspecified atom stereocenters. The molecule has 1 aromatic rings. The second-order valence-electron chi connectivity index (χ2n) is 5.01. The van der Waals surface area contributed by atoms with E-state index in [9.17, 15) is 0 Å². The standard InChI is InChI=1S/C15H23NO2/c1-13-5-6-14(11-15(13)18-10-9-17)12-16-7-3-2-4-8-16/h5-6,11,17H,2-4,7-10,12H2,1H3. The quantitative estimate of drug-likeness (QED) is 0.869. The number of hydrogen-bond donors (Lipinski definition) is 1. The Hall–Kier alpha value is -1.06. The molecule has 2 rings (SSSR count). The van der Waals surface area contributed by atoms with Gasteiger partial charge in [0.1, 0.15) is 12.4 Å². The van der Waals surface area contributed by atoms with Gasteiger partial charge in [-0.05, 0) is 50.0 Å². The zero-order valence-electron chi connectivity index (χ0n) is 11.2. The van der Waals surface area contributed by atoms with Gasteiger partial charge in [0.25, 0.3) is 0 Å². The first kappa shape index (κ1) is 13.4. The smallest absolute Gasteiger partial charge is 0.122 e. The number of aliphatic hydroxyl groups is 1. The summed E-state index contributed by atoms with van der Waals surface area (Å²) in [6.07, 6.45) is 4.01. The average molecular weight is 249 g/mol. The highest BCUT2D eigenvalue weighted by atomic mass is 16.5. The number of aryl methyl sites for hydroxylation is 1. The largest absolute Gasteiger partial charge is 0.491 e. The first-order valence-electron chi connectivity index (χ1n) is 6.85. The molecule has 0 aliphatic carbocycles. The molecule has 1 fully saturated rings. The number of rotatable bonds is 5. The van der Waals surface area contributed by atoms with Crippen molar-refractivity contribution in [2.45, 2.75) is 32.7 Å². The topological polar surface area (TPSA) is 32.7 Å². The van der Waals surface area contributed by atoms with Gasteiger partial charge in [0.2, 0.25) is 0 Å². The van der Waals surface area contributed by atoms with Crippen molar-refractivity contribution < 1.29 is 9.84 Å². The van der Waals surface area contributed by atoms with E-state index in [1.807, 2.05) is 6.92 Å². The van der Waals surface area contributed by atoms with Crippen LogP contribution in [0.5, 0.6) is 5.75 Å². The summed E-state index contributed by atoms with van der Waals surface area (Å²) in [6, 6.07) is 6.39. The molecule has 0 saturated carbocycles. The van der Waals surface area contributed by atoms with Crippen molar-refractivity contribution in [3.05, 3.63) is 29.3 Å². The summed E-state index contributed by atoms with van der Waals surface area (Å²) in [5.74, 6) is 0.901. The lowest BCUT2D eigenvalue weighted by molar-refractivity contribution is 0.199. The van der Waals surface area contributed by atoms with E-state index in [0.29, 0.717) is 6.61 Å². The molecule has 18 heavy (non-hydrogen) atoms. The molecule has 0 aromatic heterocycles. The molecule has 3 heteroatoms. The Kier molecular flexibility index (Phi) is 5.02. The third-order valence-electron chi connectivity index (χ3n) is 3.46. The van der Waals surface area contributed by atoms with Gasteiger partial charge in [0.15, 0.2) is 0 Å². The van der Waals surface area contributed by atoms with Crippen LogP contribution >= 0.6 is 0 Å². The number of piperidine rings is 1. The molecule has 1 saturated heterocycles. The second kappa shape index (κ2) is 6.76. The van der Waals surface area contributed by atoms with Crippen LogP contribution in [-0.4, -0.2) is 36.3 Å². The Morgan fingerprint density at radius 3 is 2.72 bits per heavy atom. The number of aliphatic hydroxyl groups excluding tert-OH is 1. The zero-order valence-corrected chi connectivity index (χ0v) is 11.2. The first-order valence-corrected chi connectivity index (χ1v) is 6.85. The minimum Gasteiger partial charge on any atom is -0.491 e. The molecule has 1 heterocycles. The maximum Gasteiger partial charge on any atom is 0.122 e. The molecule has 0 spiro atoms. The Morgan fingerprint density at radius 1 is 1.22 bits per heavy atom. The number of nitrogens with zero attached hydrogens (tertiary/aromatic N) is 1. The molecule has 3 nitrogen and oxygen atoms in total. The molecule has 1 aliphatic rings. The Labute approximate surface area is 109 Å². The molecule has 1 N–H and O–H groups in total. The minimum absolute atomic E-state index is 0.0653. The maximum atomic E-state index is 8.82. The highest BCUT2D eigenvalue weighted by molar-refractivity contribution is 5.36. The summed E-state index contributed by atoms with van der Waals surface area (Å²) in [5.41, 5.74) is 2.43. The normalized spacial score (nSPS) is 16.8. The lowest BCUT2D eigenvalue weighted by Gasteiger charge is -2.26. The van der Waals surface area contributed by atoms with Crippen LogP contribution in [0.4, 0.5) is 0 Å². The lowest BCUT2D eigenvalue weighted by Crippen LogP contribution is -2.29. The minimum atomic E-state index is 0.0653. The van der Waals surface area contributed by atoms with Crippen LogP contribution in [-0.2, 0) is 6.54 Å². The molecule has 1 aliphatic heterocycles. The Bertz CT molecular complexity index is 373. The number of benzene rings is 1. The Morgan fingerprint density at radius 2 is 2.00 bits per heavy atom. The fourth-order valence-corrected chi connectivity index (χ4v) is 2.43. The summed E-state index contributed by atoms with van der Waals surface area (Å²) >= 11 is 0. The zero-order chi connectivity index (χ0) is 12.8. The molecule has 0 amide bonds. The van der Waals surface area contributed by atoms with Gasteiger partial charge in [-0.1, -0.05) is 18.6 Å².